The topological polar surface area (TPSA) is 79.3 Å². The standard InChI is InChI=1S/C12H15ClN2O3/c1-7(2)5-9(12(17)18)15-11(16)8-3-4-14-10(13)6-8/h3-4,6-7,9H,5H2,1-2H3,(H,15,16)(H,17,18)/t9-/m1/s1. The molecule has 1 aromatic rings. The maximum absolute atomic E-state index is 11.8. The van der Waals surface area contributed by atoms with Gasteiger partial charge in [-0.3, -0.25) is 4.79 Å². The van der Waals surface area contributed by atoms with Crippen LogP contribution in [-0.2, 0) is 4.79 Å². The van der Waals surface area contributed by atoms with Crippen LogP contribution in [0.25, 0.3) is 0 Å². The Morgan fingerprint density at radius 2 is 2.17 bits per heavy atom. The number of halogens is 1. The molecular formula is C12H15ClN2O3. The lowest BCUT2D eigenvalue weighted by atomic mass is 10.0. The summed E-state index contributed by atoms with van der Waals surface area (Å²) in [5.74, 6) is -1.34. The number of aromatic nitrogens is 1. The van der Waals surface area contributed by atoms with Crippen molar-refractivity contribution in [2.24, 2.45) is 5.92 Å². The number of nitrogens with zero attached hydrogens (tertiary/aromatic N) is 1. The predicted octanol–water partition coefficient (Wildman–Crippen LogP) is 1.96. The summed E-state index contributed by atoms with van der Waals surface area (Å²) in [6.07, 6.45) is 1.77. The third-order valence-corrected chi connectivity index (χ3v) is 2.51. The smallest absolute Gasteiger partial charge is 0.326 e. The van der Waals surface area contributed by atoms with Crippen LogP contribution in [0.2, 0.25) is 5.15 Å². The van der Waals surface area contributed by atoms with E-state index in [2.05, 4.69) is 10.3 Å². The second kappa shape index (κ2) is 6.35. The van der Waals surface area contributed by atoms with E-state index in [1.165, 1.54) is 18.3 Å². The minimum atomic E-state index is -1.04. The first-order valence-corrected chi connectivity index (χ1v) is 5.93. The Balaban J connectivity index is 2.75. The van der Waals surface area contributed by atoms with Gasteiger partial charge in [0, 0.05) is 11.8 Å². The molecule has 1 amide bonds. The summed E-state index contributed by atoms with van der Waals surface area (Å²) >= 11 is 5.66. The number of nitrogens with one attached hydrogen (secondary N) is 1. The van der Waals surface area contributed by atoms with E-state index >= 15 is 0 Å². The summed E-state index contributed by atoms with van der Waals surface area (Å²) < 4.78 is 0. The molecular weight excluding hydrogens is 256 g/mol. The summed E-state index contributed by atoms with van der Waals surface area (Å²) in [7, 11) is 0. The van der Waals surface area contributed by atoms with Gasteiger partial charge >= 0.3 is 5.97 Å². The lowest BCUT2D eigenvalue weighted by Crippen LogP contribution is -2.41. The molecule has 2 N–H and O–H groups in total. The number of carboxylic acid groups (broad SMARTS) is 1. The number of hydrogen-bond donors (Lipinski definition) is 2. The molecule has 98 valence electrons. The highest BCUT2D eigenvalue weighted by Gasteiger charge is 2.21. The van der Waals surface area contributed by atoms with Crippen molar-refractivity contribution >= 4 is 23.5 Å². The molecule has 0 aliphatic carbocycles. The van der Waals surface area contributed by atoms with Crippen LogP contribution in [0.5, 0.6) is 0 Å². The second-order valence-corrected chi connectivity index (χ2v) is 4.75. The van der Waals surface area contributed by atoms with Crippen molar-refractivity contribution in [3.05, 3.63) is 29.0 Å². The normalized spacial score (nSPS) is 12.2. The lowest BCUT2D eigenvalue weighted by Gasteiger charge is -2.16. The Bertz CT molecular complexity index is 449. The molecule has 1 aromatic heterocycles. The monoisotopic (exact) mass is 270 g/mol. The van der Waals surface area contributed by atoms with Gasteiger partial charge in [0.2, 0.25) is 0 Å². The summed E-state index contributed by atoms with van der Waals surface area (Å²) in [5, 5.41) is 11.7. The van der Waals surface area contributed by atoms with Gasteiger partial charge in [0.15, 0.2) is 0 Å². The third kappa shape index (κ3) is 4.33. The van der Waals surface area contributed by atoms with E-state index in [9.17, 15) is 9.59 Å². The number of carbonyl (C=O) groups excluding carboxylic acids is 1. The molecule has 0 radical (unpaired) electrons. The highest BCUT2D eigenvalue weighted by Crippen LogP contribution is 2.09. The van der Waals surface area contributed by atoms with Gasteiger partial charge in [-0.1, -0.05) is 25.4 Å². The van der Waals surface area contributed by atoms with Crippen LogP contribution in [0.4, 0.5) is 0 Å². The Morgan fingerprint density at radius 3 is 2.67 bits per heavy atom. The molecule has 0 aromatic carbocycles. The molecule has 5 nitrogen and oxygen atoms in total. The van der Waals surface area contributed by atoms with Crippen LogP contribution in [0.1, 0.15) is 30.6 Å². The first-order chi connectivity index (χ1) is 8.40. The number of carbonyl (C=O) groups is 2. The number of carboxylic acids is 1. The largest absolute Gasteiger partial charge is 0.480 e. The summed E-state index contributed by atoms with van der Waals surface area (Å²) in [6, 6.07) is 1.98. The zero-order valence-corrected chi connectivity index (χ0v) is 10.9. The average molecular weight is 271 g/mol. The van der Waals surface area contributed by atoms with Crippen molar-refractivity contribution in [1.82, 2.24) is 10.3 Å². The van der Waals surface area contributed by atoms with Crippen molar-refractivity contribution < 1.29 is 14.7 Å². The minimum Gasteiger partial charge on any atom is -0.480 e. The quantitative estimate of drug-likeness (QED) is 0.802. The third-order valence-electron chi connectivity index (χ3n) is 2.30. The summed E-state index contributed by atoms with van der Waals surface area (Å²) in [5.41, 5.74) is 0.296. The van der Waals surface area contributed by atoms with E-state index in [0.717, 1.165) is 0 Å². The molecule has 0 spiro atoms. The molecule has 0 fully saturated rings. The van der Waals surface area contributed by atoms with Crippen LogP contribution in [0.3, 0.4) is 0 Å². The molecule has 1 heterocycles. The van der Waals surface area contributed by atoms with Crippen LogP contribution >= 0.6 is 11.6 Å². The Morgan fingerprint density at radius 1 is 1.50 bits per heavy atom. The Kier molecular flexibility index (Phi) is 5.09. The van der Waals surface area contributed by atoms with Gasteiger partial charge in [-0.15, -0.1) is 0 Å². The van der Waals surface area contributed by atoms with E-state index in [1.807, 2.05) is 13.8 Å². The summed E-state index contributed by atoms with van der Waals surface area (Å²) in [4.78, 5) is 26.6. The van der Waals surface area contributed by atoms with Crippen LogP contribution in [0.15, 0.2) is 18.3 Å². The first-order valence-electron chi connectivity index (χ1n) is 5.55. The predicted molar refractivity (Wildman–Crippen MR) is 67.6 cm³/mol. The van der Waals surface area contributed by atoms with Crippen molar-refractivity contribution in [2.45, 2.75) is 26.3 Å². The van der Waals surface area contributed by atoms with Crippen molar-refractivity contribution in [2.75, 3.05) is 0 Å². The van der Waals surface area contributed by atoms with Crippen molar-refractivity contribution in [1.29, 1.82) is 0 Å². The maximum Gasteiger partial charge on any atom is 0.326 e. The minimum absolute atomic E-state index is 0.174. The van der Waals surface area contributed by atoms with Crippen molar-refractivity contribution in [3.63, 3.8) is 0 Å². The van der Waals surface area contributed by atoms with Gasteiger partial charge in [0.25, 0.3) is 5.91 Å². The molecule has 0 aliphatic rings. The summed E-state index contributed by atoms with van der Waals surface area (Å²) in [6.45, 7) is 3.79. The zero-order valence-electron chi connectivity index (χ0n) is 10.2. The Hall–Kier alpha value is -1.62. The fourth-order valence-electron chi connectivity index (χ4n) is 1.48. The molecule has 1 rings (SSSR count). The van der Waals surface area contributed by atoms with Crippen LogP contribution in [-0.4, -0.2) is 28.0 Å². The molecule has 0 saturated heterocycles. The highest BCUT2D eigenvalue weighted by molar-refractivity contribution is 6.29. The van der Waals surface area contributed by atoms with Gasteiger partial charge < -0.3 is 10.4 Å². The Labute approximate surface area is 110 Å². The number of pyridine rings is 1. The molecule has 6 heteroatoms. The number of rotatable bonds is 5. The lowest BCUT2D eigenvalue weighted by molar-refractivity contribution is -0.139. The van der Waals surface area contributed by atoms with Crippen LogP contribution < -0.4 is 5.32 Å². The van der Waals surface area contributed by atoms with Gasteiger partial charge in [0.1, 0.15) is 11.2 Å². The molecule has 0 aliphatic heterocycles. The molecule has 0 unspecified atom stereocenters. The molecule has 18 heavy (non-hydrogen) atoms. The molecule has 1 atom stereocenters. The number of aliphatic carboxylic acids is 1. The van der Waals surface area contributed by atoms with E-state index < -0.39 is 17.9 Å². The van der Waals surface area contributed by atoms with Gasteiger partial charge in [0.05, 0.1) is 0 Å². The molecule has 0 bridgehead atoms. The van der Waals surface area contributed by atoms with Gasteiger partial charge in [-0.05, 0) is 24.5 Å². The van der Waals surface area contributed by atoms with E-state index in [4.69, 9.17) is 16.7 Å². The average Bonchev–Trinajstić information content (AvgIpc) is 2.27. The fourth-order valence-corrected chi connectivity index (χ4v) is 1.65. The molecule has 0 saturated carbocycles. The van der Waals surface area contributed by atoms with Crippen molar-refractivity contribution in [3.8, 4) is 0 Å². The first kappa shape index (κ1) is 14.4. The van der Waals surface area contributed by atoms with Crippen LogP contribution in [0, 0.1) is 5.92 Å². The SMILES string of the molecule is CC(C)C[C@@H](NC(=O)c1ccnc(Cl)c1)C(=O)O. The number of amides is 1. The van der Waals surface area contributed by atoms with E-state index in [1.54, 1.807) is 0 Å². The second-order valence-electron chi connectivity index (χ2n) is 4.36. The highest BCUT2D eigenvalue weighted by atomic mass is 35.5. The fraction of sp³-hybridized carbons (Fsp3) is 0.417. The zero-order chi connectivity index (χ0) is 13.7. The van der Waals surface area contributed by atoms with E-state index in [-0.39, 0.29) is 11.1 Å². The van der Waals surface area contributed by atoms with E-state index in [0.29, 0.717) is 12.0 Å². The number of hydrogen-bond acceptors (Lipinski definition) is 3. The van der Waals surface area contributed by atoms with Gasteiger partial charge in [-0.25, -0.2) is 9.78 Å². The maximum atomic E-state index is 11.8. The van der Waals surface area contributed by atoms with Gasteiger partial charge in [-0.2, -0.15) is 0 Å².